The van der Waals surface area contributed by atoms with Gasteiger partial charge in [-0.05, 0) is 13.3 Å². The Labute approximate surface area is 114 Å². The number of guanidine groups is 1. The Morgan fingerprint density at radius 2 is 2.06 bits per heavy atom. The van der Waals surface area contributed by atoms with Gasteiger partial charge in [-0.3, -0.25) is 4.79 Å². The zero-order valence-electron chi connectivity index (χ0n) is 9.88. The van der Waals surface area contributed by atoms with Crippen LogP contribution in [0.2, 0.25) is 0 Å². The second-order valence-corrected chi connectivity index (χ2v) is 3.36. The number of nitrogens with one attached hydrogen (secondary N) is 2. The standard InChI is InChI=1S/C10H20N4O.HI/c1-4-5-12-9(15)7-14-10(11)13-6-8(2)3;/h2,4-7H2,1,3H3,(H,12,15)(H3,11,13,14);1H. The molecule has 94 valence electrons. The van der Waals surface area contributed by atoms with E-state index in [4.69, 9.17) is 5.73 Å². The number of amides is 1. The van der Waals surface area contributed by atoms with Crippen molar-refractivity contribution in [3.05, 3.63) is 12.2 Å². The first-order valence-electron chi connectivity index (χ1n) is 5.01. The van der Waals surface area contributed by atoms with Gasteiger partial charge in [0, 0.05) is 13.1 Å². The molecule has 0 aliphatic heterocycles. The summed E-state index contributed by atoms with van der Waals surface area (Å²) >= 11 is 0. The monoisotopic (exact) mass is 340 g/mol. The maximum Gasteiger partial charge on any atom is 0.241 e. The van der Waals surface area contributed by atoms with Crippen LogP contribution in [0.15, 0.2) is 17.1 Å². The van der Waals surface area contributed by atoms with E-state index in [1.807, 2.05) is 13.8 Å². The Kier molecular flexibility index (Phi) is 11.8. The van der Waals surface area contributed by atoms with E-state index in [1.165, 1.54) is 0 Å². The van der Waals surface area contributed by atoms with Crippen LogP contribution < -0.4 is 16.4 Å². The maximum absolute atomic E-state index is 11.1. The summed E-state index contributed by atoms with van der Waals surface area (Å²) in [6, 6.07) is 0. The lowest BCUT2D eigenvalue weighted by atomic mass is 10.3. The second kappa shape index (κ2) is 10.7. The normalized spacial score (nSPS) is 10.2. The molecule has 0 radical (unpaired) electrons. The van der Waals surface area contributed by atoms with E-state index in [0.29, 0.717) is 13.1 Å². The molecule has 0 heterocycles. The van der Waals surface area contributed by atoms with E-state index < -0.39 is 0 Å². The molecular weight excluding hydrogens is 319 g/mol. The van der Waals surface area contributed by atoms with Gasteiger partial charge in [0.05, 0.1) is 0 Å². The van der Waals surface area contributed by atoms with E-state index in [0.717, 1.165) is 12.0 Å². The van der Waals surface area contributed by atoms with Gasteiger partial charge in [0.15, 0.2) is 5.96 Å². The number of rotatable bonds is 6. The fraction of sp³-hybridized carbons (Fsp3) is 0.600. The first kappa shape index (κ1) is 17.6. The molecule has 0 aromatic rings. The minimum atomic E-state index is -0.114. The zero-order chi connectivity index (χ0) is 11.7. The third-order valence-corrected chi connectivity index (χ3v) is 1.54. The van der Waals surface area contributed by atoms with Crippen molar-refractivity contribution in [3.8, 4) is 0 Å². The first-order chi connectivity index (χ1) is 7.06. The zero-order valence-corrected chi connectivity index (χ0v) is 12.2. The fourth-order valence-corrected chi connectivity index (χ4v) is 0.775. The lowest BCUT2D eigenvalue weighted by molar-refractivity contribution is -0.119. The predicted octanol–water partition coefficient (Wildman–Crippen LogP) is 0.611. The molecule has 4 N–H and O–H groups in total. The van der Waals surface area contributed by atoms with Gasteiger partial charge in [-0.15, -0.1) is 24.0 Å². The molecule has 0 aliphatic carbocycles. The number of carbonyl (C=O) groups excluding carboxylic acids is 1. The second-order valence-electron chi connectivity index (χ2n) is 3.36. The Bertz CT molecular complexity index is 253. The Hall–Kier alpha value is -0.790. The first-order valence-corrected chi connectivity index (χ1v) is 5.01. The van der Waals surface area contributed by atoms with Crippen LogP contribution in [0.5, 0.6) is 0 Å². The SMILES string of the molecule is C=C(C)CNC(N)=NCC(=O)NCCC.I. The average molecular weight is 340 g/mol. The number of nitrogens with zero attached hydrogens (tertiary/aromatic N) is 1. The summed E-state index contributed by atoms with van der Waals surface area (Å²) in [6.45, 7) is 8.90. The summed E-state index contributed by atoms with van der Waals surface area (Å²) in [5, 5.41) is 5.55. The van der Waals surface area contributed by atoms with Crippen molar-refractivity contribution < 1.29 is 4.79 Å². The van der Waals surface area contributed by atoms with Crippen molar-refractivity contribution in [2.75, 3.05) is 19.6 Å². The van der Waals surface area contributed by atoms with Gasteiger partial charge in [0.2, 0.25) is 5.91 Å². The van der Waals surface area contributed by atoms with Crippen LogP contribution in [0.1, 0.15) is 20.3 Å². The van der Waals surface area contributed by atoms with Gasteiger partial charge in [-0.25, -0.2) is 4.99 Å². The molecular formula is C10H21IN4O. The van der Waals surface area contributed by atoms with Crippen molar-refractivity contribution in [1.82, 2.24) is 10.6 Å². The van der Waals surface area contributed by atoms with Crippen molar-refractivity contribution in [2.45, 2.75) is 20.3 Å². The number of carbonyl (C=O) groups is 1. The molecule has 0 fully saturated rings. The third-order valence-electron chi connectivity index (χ3n) is 1.54. The van der Waals surface area contributed by atoms with E-state index in [-0.39, 0.29) is 42.4 Å². The van der Waals surface area contributed by atoms with Crippen molar-refractivity contribution in [1.29, 1.82) is 0 Å². The van der Waals surface area contributed by atoms with Gasteiger partial charge in [-0.2, -0.15) is 0 Å². The number of aliphatic imine (C=N–C) groups is 1. The lowest BCUT2D eigenvalue weighted by Crippen LogP contribution is -2.34. The van der Waals surface area contributed by atoms with E-state index in [9.17, 15) is 4.79 Å². The molecule has 0 unspecified atom stereocenters. The third kappa shape index (κ3) is 11.3. The summed E-state index contributed by atoms with van der Waals surface area (Å²) in [6.07, 6.45) is 0.916. The summed E-state index contributed by atoms with van der Waals surface area (Å²) in [4.78, 5) is 15.0. The van der Waals surface area contributed by atoms with Crippen LogP contribution in [-0.2, 0) is 4.79 Å². The number of nitrogens with two attached hydrogens (primary N) is 1. The Morgan fingerprint density at radius 3 is 2.56 bits per heavy atom. The van der Waals surface area contributed by atoms with Crippen LogP contribution in [-0.4, -0.2) is 31.5 Å². The molecule has 0 aliphatic rings. The van der Waals surface area contributed by atoms with Gasteiger partial charge in [0.1, 0.15) is 6.54 Å². The molecule has 0 spiro atoms. The number of hydrogen-bond acceptors (Lipinski definition) is 2. The highest BCUT2D eigenvalue weighted by atomic mass is 127. The molecule has 0 saturated heterocycles. The van der Waals surface area contributed by atoms with Crippen LogP contribution in [0, 0.1) is 0 Å². The minimum Gasteiger partial charge on any atom is -0.370 e. The molecule has 6 heteroatoms. The molecule has 0 rings (SSSR count). The van der Waals surface area contributed by atoms with Crippen molar-refractivity contribution >= 4 is 35.8 Å². The van der Waals surface area contributed by atoms with E-state index >= 15 is 0 Å². The number of hydrogen-bond donors (Lipinski definition) is 3. The quantitative estimate of drug-likeness (QED) is 0.287. The Morgan fingerprint density at radius 1 is 1.44 bits per heavy atom. The Balaban J connectivity index is 0. The summed E-state index contributed by atoms with van der Waals surface area (Å²) in [7, 11) is 0. The molecule has 0 saturated carbocycles. The van der Waals surface area contributed by atoms with Gasteiger partial charge in [-0.1, -0.05) is 19.1 Å². The van der Waals surface area contributed by atoms with Crippen LogP contribution >= 0.6 is 24.0 Å². The summed E-state index contributed by atoms with van der Waals surface area (Å²) < 4.78 is 0. The largest absolute Gasteiger partial charge is 0.370 e. The average Bonchev–Trinajstić information content (AvgIpc) is 2.20. The highest BCUT2D eigenvalue weighted by Crippen LogP contribution is 1.81. The number of halogens is 1. The maximum atomic E-state index is 11.1. The smallest absolute Gasteiger partial charge is 0.241 e. The van der Waals surface area contributed by atoms with Crippen molar-refractivity contribution in [3.63, 3.8) is 0 Å². The van der Waals surface area contributed by atoms with Gasteiger partial charge >= 0.3 is 0 Å². The summed E-state index contributed by atoms with van der Waals surface area (Å²) in [5.74, 6) is 0.154. The minimum absolute atomic E-state index is 0. The molecule has 0 aromatic carbocycles. The topological polar surface area (TPSA) is 79.5 Å². The van der Waals surface area contributed by atoms with E-state index in [2.05, 4.69) is 22.2 Å². The molecule has 0 atom stereocenters. The molecule has 5 nitrogen and oxygen atoms in total. The van der Waals surface area contributed by atoms with Gasteiger partial charge in [0.25, 0.3) is 0 Å². The molecule has 0 aromatic heterocycles. The molecule has 16 heavy (non-hydrogen) atoms. The van der Waals surface area contributed by atoms with Crippen LogP contribution in [0.3, 0.4) is 0 Å². The van der Waals surface area contributed by atoms with Crippen LogP contribution in [0.25, 0.3) is 0 Å². The molecule has 0 bridgehead atoms. The highest BCUT2D eigenvalue weighted by molar-refractivity contribution is 14.0. The van der Waals surface area contributed by atoms with E-state index in [1.54, 1.807) is 0 Å². The highest BCUT2D eigenvalue weighted by Gasteiger charge is 1.98. The van der Waals surface area contributed by atoms with Crippen LogP contribution in [0.4, 0.5) is 0 Å². The molecule has 1 amide bonds. The van der Waals surface area contributed by atoms with Gasteiger partial charge < -0.3 is 16.4 Å². The lowest BCUT2D eigenvalue weighted by Gasteiger charge is -2.05. The summed E-state index contributed by atoms with van der Waals surface area (Å²) in [5.41, 5.74) is 6.48. The van der Waals surface area contributed by atoms with Crippen molar-refractivity contribution in [2.24, 2.45) is 10.7 Å². The predicted molar refractivity (Wildman–Crippen MR) is 78.0 cm³/mol. The fourth-order valence-electron chi connectivity index (χ4n) is 0.775.